The van der Waals surface area contributed by atoms with Crippen LogP contribution in [-0.4, -0.2) is 23.4 Å². The van der Waals surface area contributed by atoms with E-state index < -0.39 is 0 Å². The average Bonchev–Trinajstić information content (AvgIpc) is 2.98. The van der Waals surface area contributed by atoms with Gasteiger partial charge < -0.3 is 9.73 Å². The highest BCUT2D eigenvalue weighted by Gasteiger charge is 2.18. The van der Waals surface area contributed by atoms with Gasteiger partial charge in [-0.3, -0.25) is 9.69 Å². The summed E-state index contributed by atoms with van der Waals surface area (Å²) < 4.78 is 5.80. The summed E-state index contributed by atoms with van der Waals surface area (Å²) in [6.07, 6.45) is 3.91. The number of nitrogens with zero attached hydrogens (tertiary/aromatic N) is 1. The Labute approximate surface area is 145 Å². The van der Waals surface area contributed by atoms with Crippen molar-refractivity contribution in [2.24, 2.45) is 0 Å². The SMILES string of the molecule is CC1CCCCN1Cc1ccc(NC(=O)c2ccc(Br)o2)cc1. The smallest absolute Gasteiger partial charge is 0.291 e. The van der Waals surface area contributed by atoms with Gasteiger partial charge in [0.2, 0.25) is 0 Å². The van der Waals surface area contributed by atoms with E-state index in [9.17, 15) is 4.79 Å². The van der Waals surface area contributed by atoms with E-state index in [1.807, 2.05) is 12.1 Å². The van der Waals surface area contributed by atoms with Crippen LogP contribution in [0.15, 0.2) is 45.5 Å². The first-order chi connectivity index (χ1) is 11.1. The summed E-state index contributed by atoms with van der Waals surface area (Å²) in [5, 5.41) is 2.84. The molecule has 122 valence electrons. The predicted octanol–water partition coefficient (Wildman–Crippen LogP) is 4.67. The Morgan fingerprint density at radius 2 is 2.04 bits per heavy atom. The van der Waals surface area contributed by atoms with E-state index in [1.165, 1.54) is 31.4 Å². The van der Waals surface area contributed by atoms with Crippen LogP contribution < -0.4 is 5.32 Å². The number of rotatable bonds is 4. The molecule has 1 N–H and O–H groups in total. The molecule has 0 spiro atoms. The van der Waals surface area contributed by atoms with Gasteiger partial charge in [0.05, 0.1) is 0 Å². The molecule has 1 amide bonds. The van der Waals surface area contributed by atoms with Crippen LogP contribution in [0.3, 0.4) is 0 Å². The third-order valence-electron chi connectivity index (χ3n) is 4.34. The third kappa shape index (κ3) is 4.24. The minimum absolute atomic E-state index is 0.242. The number of furan rings is 1. The van der Waals surface area contributed by atoms with Gasteiger partial charge >= 0.3 is 0 Å². The molecule has 2 heterocycles. The lowest BCUT2D eigenvalue weighted by molar-refractivity contribution is 0.0995. The molecule has 4 nitrogen and oxygen atoms in total. The van der Waals surface area contributed by atoms with Crippen LogP contribution in [0.5, 0.6) is 0 Å². The Hall–Kier alpha value is -1.59. The molecule has 1 fully saturated rings. The van der Waals surface area contributed by atoms with Crippen molar-refractivity contribution >= 4 is 27.5 Å². The fourth-order valence-electron chi connectivity index (χ4n) is 2.95. The number of likely N-dealkylation sites (tertiary alicyclic amines) is 1. The maximum atomic E-state index is 12.0. The van der Waals surface area contributed by atoms with Crippen molar-refractivity contribution in [3.05, 3.63) is 52.4 Å². The Morgan fingerprint density at radius 1 is 1.26 bits per heavy atom. The van der Waals surface area contributed by atoms with Gasteiger partial charge in [0.15, 0.2) is 10.4 Å². The number of carbonyl (C=O) groups is 1. The zero-order chi connectivity index (χ0) is 16.2. The summed E-state index contributed by atoms with van der Waals surface area (Å²) in [5.41, 5.74) is 2.05. The highest BCUT2D eigenvalue weighted by Crippen LogP contribution is 2.20. The lowest BCUT2D eigenvalue weighted by Gasteiger charge is -2.33. The molecule has 0 saturated carbocycles. The second-order valence-corrected chi connectivity index (χ2v) is 6.85. The first-order valence-corrected chi connectivity index (χ1v) is 8.81. The minimum Gasteiger partial charge on any atom is -0.444 e. The molecule has 1 aromatic carbocycles. The predicted molar refractivity (Wildman–Crippen MR) is 94.5 cm³/mol. The molecule has 3 rings (SSSR count). The van der Waals surface area contributed by atoms with Crippen molar-refractivity contribution in [2.75, 3.05) is 11.9 Å². The first-order valence-electron chi connectivity index (χ1n) is 8.01. The van der Waals surface area contributed by atoms with Gasteiger partial charge in [0.1, 0.15) is 0 Å². The molecular formula is C18H21BrN2O2. The number of piperidine rings is 1. The zero-order valence-electron chi connectivity index (χ0n) is 13.2. The van der Waals surface area contributed by atoms with Gasteiger partial charge in [-0.25, -0.2) is 0 Å². The number of benzene rings is 1. The number of hydrogen-bond donors (Lipinski definition) is 1. The number of nitrogens with one attached hydrogen (secondary N) is 1. The van der Waals surface area contributed by atoms with Crippen molar-refractivity contribution in [1.29, 1.82) is 0 Å². The fraction of sp³-hybridized carbons (Fsp3) is 0.389. The molecule has 23 heavy (non-hydrogen) atoms. The number of hydrogen-bond acceptors (Lipinski definition) is 3. The molecular weight excluding hydrogens is 356 g/mol. The van der Waals surface area contributed by atoms with Crippen LogP contribution in [0.4, 0.5) is 5.69 Å². The molecule has 1 atom stereocenters. The molecule has 0 radical (unpaired) electrons. The lowest BCUT2D eigenvalue weighted by atomic mass is 10.0. The van der Waals surface area contributed by atoms with E-state index in [0.717, 1.165) is 12.2 Å². The Kier molecular flexibility index (Phi) is 5.18. The summed E-state index contributed by atoms with van der Waals surface area (Å²) in [7, 11) is 0. The fourth-order valence-corrected chi connectivity index (χ4v) is 3.26. The first kappa shape index (κ1) is 16.3. The molecule has 1 aliphatic rings. The van der Waals surface area contributed by atoms with Gasteiger partial charge in [-0.2, -0.15) is 0 Å². The van der Waals surface area contributed by atoms with Crippen LogP contribution in [0.1, 0.15) is 42.3 Å². The van der Waals surface area contributed by atoms with Crippen molar-refractivity contribution in [1.82, 2.24) is 4.90 Å². The van der Waals surface area contributed by atoms with Crippen LogP contribution in [0, 0.1) is 0 Å². The second-order valence-electron chi connectivity index (χ2n) is 6.07. The average molecular weight is 377 g/mol. The van der Waals surface area contributed by atoms with Gasteiger partial charge in [0, 0.05) is 18.3 Å². The lowest BCUT2D eigenvalue weighted by Crippen LogP contribution is -2.36. The number of halogens is 1. The molecule has 1 aliphatic heterocycles. The maximum absolute atomic E-state index is 12.0. The van der Waals surface area contributed by atoms with Gasteiger partial charge in [0.25, 0.3) is 5.91 Å². The van der Waals surface area contributed by atoms with Gasteiger partial charge in [-0.05, 0) is 72.1 Å². The Morgan fingerprint density at radius 3 is 2.70 bits per heavy atom. The van der Waals surface area contributed by atoms with Gasteiger partial charge in [-0.1, -0.05) is 18.6 Å². The van der Waals surface area contributed by atoms with Crippen LogP contribution in [0.25, 0.3) is 0 Å². The van der Waals surface area contributed by atoms with Crippen molar-refractivity contribution in [2.45, 2.75) is 38.8 Å². The molecule has 5 heteroatoms. The number of anilines is 1. The molecule has 1 aromatic heterocycles. The second kappa shape index (κ2) is 7.32. The topological polar surface area (TPSA) is 45.5 Å². The van der Waals surface area contributed by atoms with Crippen LogP contribution in [0.2, 0.25) is 0 Å². The van der Waals surface area contributed by atoms with Crippen LogP contribution >= 0.6 is 15.9 Å². The summed E-state index contributed by atoms with van der Waals surface area (Å²) in [4.78, 5) is 14.6. The van der Waals surface area contributed by atoms with E-state index in [1.54, 1.807) is 12.1 Å². The van der Waals surface area contributed by atoms with E-state index in [0.29, 0.717) is 16.5 Å². The quantitative estimate of drug-likeness (QED) is 0.842. The highest BCUT2D eigenvalue weighted by atomic mass is 79.9. The third-order valence-corrected chi connectivity index (χ3v) is 4.76. The summed E-state index contributed by atoms with van der Waals surface area (Å²) in [6, 6.07) is 12.0. The summed E-state index contributed by atoms with van der Waals surface area (Å²) in [5.74, 6) is 0.0520. The Bertz CT molecular complexity index is 666. The minimum atomic E-state index is -0.242. The van der Waals surface area contributed by atoms with E-state index >= 15 is 0 Å². The van der Waals surface area contributed by atoms with Crippen molar-refractivity contribution in [3.63, 3.8) is 0 Å². The maximum Gasteiger partial charge on any atom is 0.291 e. The molecule has 2 aromatic rings. The number of carbonyl (C=O) groups excluding carboxylic acids is 1. The van der Waals surface area contributed by atoms with Crippen molar-refractivity contribution < 1.29 is 9.21 Å². The molecule has 0 bridgehead atoms. The summed E-state index contributed by atoms with van der Waals surface area (Å²) >= 11 is 3.20. The standard InChI is InChI=1S/C18H21BrN2O2/c1-13-4-2-3-11-21(13)12-14-5-7-15(8-6-14)20-18(22)16-9-10-17(19)23-16/h5-10,13H,2-4,11-12H2,1H3,(H,20,22). The van der Waals surface area contributed by atoms with Gasteiger partial charge in [-0.15, -0.1) is 0 Å². The van der Waals surface area contributed by atoms with E-state index in [2.05, 4.69) is 45.2 Å². The normalized spacial score (nSPS) is 18.8. The highest BCUT2D eigenvalue weighted by molar-refractivity contribution is 9.10. The zero-order valence-corrected chi connectivity index (χ0v) is 14.8. The van der Waals surface area contributed by atoms with Crippen molar-refractivity contribution in [3.8, 4) is 0 Å². The van der Waals surface area contributed by atoms with E-state index in [-0.39, 0.29) is 5.91 Å². The summed E-state index contributed by atoms with van der Waals surface area (Å²) in [6.45, 7) is 4.45. The molecule has 1 saturated heterocycles. The molecule has 1 unspecified atom stereocenters. The Balaban J connectivity index is 1.59. The van der Waals surface area contributed by atoms with E-state index in [4.69, 9.17) is 4.42 Å². The largest absolute Gasteiger partial charge is 0.444 e. The van der Waals surface area contributed by atoms with Crippen LogP contribution in [-0.2, 0) is 6.54 Å². The number of amides is 1. The molecule has 0 aliphatic carbocycles. The monoisotopic (exact) mass is 376 g/mol.